The standard InChI is InChI=1S/C26H40N10O7/c37-21(15-3-1-9-27-11-15)29-31-23(39)19-7-5-17-13-33(19)25(41)35(17)43-36-18-6-8-20(34(14-18)26(36)42)24(40)32-30-22(38)16-4-2-10-28-12-16/h15-20,27-28H,1-14H2,(H,29,37)(H,30,38)(H,31,39)(H,32,40)/t15-,16-,17-,18-,19-,20-/m1/s1. The van der Waals surface area contributed by atoms with Crippen LogP contribution in [0.25, 0.3) is 0 Å². The SMILES string of the molecule is O=C(NNC(=O)[C@H]1CC[C@@H]2CN1C(=O)N2ON1C(=O)N2C[C@H]1CC[C@@H]2C(=O)NNC(=O)[C@@H]1CCCNC1)[C@@H]1CCCNC1. The van der Waals surface area contributed by atoms with E-state index in [1.807, 2.05) is 0 Å². The van der Waals surface area contributed by atoms with Gasteiger partial charge in [-0.05, 0) is 64.5 Å². The van der Waals surface area contributed by atoms with Gasteiger partial charge in [0, 0.05) is 26.2 Å². The smallest absolute Gasteiger partial charge is 0.316 e. The lowest BCUT2D eigenvalue weighted by atomic mass is 9.99. The number of carbonyl (C=O) groups is 6. The first-order valence-electron chi connectivity index (χ1n) is 15.3. The maximum Gasteiger partial charge on any atom is 0.347 e. The number of nitrogens with zero attached hydrogens (tertiary/aromatic N) is 4. The lowest BCUT2D eigenvalue weighted by molar-refractivity contribution is -0.284. The van der Waals surface area contributed by atoms with Crippen molar-refractivity contribution in [1.82, 2.24) is 52.3 Å². The number of hydrazine groups is 2. The van der Waals surface area contributed by atoms with Crippen LogP contribution in [0.2, 0.25) is 0 Å². The molecule has 0 aromatic carbocycles. The normalized spacial score (nSPS) is 32.0. The zero-order chi connectivity index (χ0) is 30.1. The monoisotopic (exact) mass is 604 g/mol. The van der Waals surface area contributed by atoms with E-state index in [2.05, 4.69) is 32.3 Å². The van der Waals surface area contributed by atoms with Crippen molar-refractivity contribution in [3.8, 4) is 0 Å². The molecule has 8 amide bonds. The second kappa shape index (κ2) is 12.5. The average molecular weight is 605 g/mol. The quantitative estimate of drug-likeness (QED) is 0.180. The fraction of sp³-hybridized carbons (Fsp3) is 0.769. The minimum Gasteiger partial charge on any atom is -0.316 e. The largest absolute Gasteiger partial charge is 0.347 e. The molecule has 0 saturated carbocycles. The van der Waals surface area contributed by atoms with Crippen LogP contribution in [-0.2, 0) is 24.1 Å². The summed E-state index contributed by atoms with van der Waals surface area (Å²) < 4.78 is 0. The van der Waals surface area contributed by atoms with Gasteiger partial charge in [-0.25, -0.2) is 9.59 Å². The Morgan fingerprint density at radius 2 is 1.02 bits per heavy atom. The molecule has 6 fully saturated rings. The van der Waals surface area contributed by atoms with E-state index in [4.69, 9.17) is 4.94 Å². The number of carbonyl (C=O) groups excluding carboxylic acids is 6. The van der Waals surface area contributed by atoms with E-state index in [0.717, 1.165) is 48.9 Å². The second-order valence-corrected chi connectivity index (χ2v) is 12.1. The Labute approximate surface area is 248 Å². The molecule has 0 aromatic rings. The molecular weight excluding hydrogens is 564 g/mol. The average Bonchev–Trinajstić information content (AvgIpc) is 3.42. The van der Waals surface area contributed by atoms with E-state index >= 15 is 0 Å². The topological polar surface area (TPSA) is 197 Å². The zero-order valence-electron chi connectivity index (χ0n) is 24.0. The Bertz CT molecular complexity index is 1060. The third-order valence-electron chi connectivity index (χ3n) is 9.38. The van der Waals surface area contributed by atoms with E-state index in [1.165, 1.54) is 9.80 Å². The molecule has 17 nitrogen and oxygen atoms in total. The molecule has 0 aromatic heterocycles. The summed E-state index contributed by atoms with van der Waals surface area (Å²) in [6.45, 7) is 3.33. The summed E-state index contributed by atoms with van der Waals surface area (Å²) in [6, 6.07) is -3.36. The molecule has 0 spiro atoms. The van der Waals surface area contributed by atoms with Crippen LogP contribution >= 0.6 is 0 Å². The Balaban J connectivity index is 1.00. The van der Waals surface area contributed by atoms with E-state index < -0.39 is 36.0 Å². The van der Waals surface area contributed by atoms with Crippen LogP contribution in [-0.4, -0.2) is 119 Å². The molecule has 236 valence electrons. The molecule has 6 aliphatic rings. The van der Waals surface area contributed by atoms with Gasteiger partial charge in [0.25, 0.3) is 11.8 Å². The molecule has 17 heteroatoms. The second-order valence-electron chi connectivity index (χ2n) is 12.1. The number of rotatable bonds is 6. The minimum atomic E-state index is -0.785. The van der Waals surface area contributed by atoms with Gasteiger partial charge in [0.1, 0.15) is 12.1 Å². The minimum absolute atomic E-state index is 0.223. The van der Waals surface area contributed by atoms with Gasteiger partial charge in [-0.2, -0.15) is 10.1 Å². The highest BCUT2D eigenvalue weighted by molar-refractivity contribution is 5.91. The summed E-state index contributed by atoms with van der Waals surface area (Å²) in [6.07, 6.45) is 4.94. The molecule has 43 heavy (non-hydrogen) atoms. The summed E-state index contributed by atoms with van der Waals surface area (Å²) in [4.78, 5) is 86.0. The lowest BCUT2D eigenvalue weighted by Gasteiger charge is -2.30. The molecule has 6 heterocycles. The Morgan fingerprint density at radius 3 is 1.42 bits per heavy atom. The maximum atomic E-state index is 13.3. The Morgan fingerprint density at radius 1 is 0.605 bits per heavy atom. The van der Waals surface area contributed by atoms with E-state index in [9.17, 15) is 28.8 Å². The number of nitrogens with one attached hydrogen (secondary N) is 6. The Kier molecular flexibility index (Phi) is 8.54. The molecule has 6 aliphatic heterocycles. The van der Waals surface area contributed by atoms with Gasteiger partial charge in [0.15, 0.2) is 0 Å². The van der Waals surface area contributed by atoms with Crippen LogP contribution in [0.1, 0.15) is 51.4 Å². The fourth-order valence-electron chi connectivity index (χ4n) is 6.89. The molecule has 6 saturated heterocycles. The number of fused-ring (bicyclic) bond motifs is 4. The van der Waals surface area contributed by atoms with Crippen LogP contribution in [0.5, 0.6) is 0 Å². The number of hydrogen-bond acceptors (Lipinski definition) is 9. The van der Waals surface area contributed by atoms with Crippen molar-refractivity contribution in [3.05, 3.63) is 0 Å². The number of amides is 8. The molecule has 4 bridgehead atoms. The number of urea groups is 2. The fourth-order valence-corrected chi connectivity index (χ4v) is 6.89. The van der Waals surface area contributed by atoms with Crippen LogP contribution in [0.4, 0.5) is 9.59 Å². The van der Waals surface area contributed by atoms with Gasteiger partial charge in [-0.1, -0.05) is 0 Å². The van der Waals surface area contributed by atoms with Crippen molar-refractivity contribution >= 4 is 35.7 Å². The van der Waals surface area contributed by atoms with Crippen LogP contribution in [0, 0.1) is 11.8 Å². The molecule has 6 atom stereocenters. The predicted octanol–water partition coefficient (Wildman–Crippen LogP) is -2.34. The molecule has 0 aliphatic carbocycles. The highest BCUT2D eigenvalue weighted by Gasteiger charge is 2.53. The van der Waals surface area contributed by atoms with E-state index in [-0.39, 0.29) is 48.8 Å². The van der Waals surface area contributed by atoms with Gasteiger partial charge >= 0.3 is 12.1 Å². The van der Waals surface area contributed by atoms with E-state index in [0.29, 0.717) is 38.8 Å². The van der Waals surface area contributed by atoms with Crippen LogP contribution in [0.3, 0.4) is 0 Å². The molecule has 6 rings (SSSR count). The first kappa shape index (κ1) is 29.4. The third-order valence-corrected chi connectivity index (χ3v) is 9.38. The number of hydrogen-bond donors (Lipinski definition) is 6. The highest BCUT2D eigenvalue weighted by Crippen LogP contribution is 2.35. The van der Waals surface area contributed by atoms with Crippen molar-refractivity contribution in [2.75, 3.05) is 39.3 Å². The maximum absolute atomic E-state index is 13.3. The summed E-state index contributed by atoms with van der Waals surface area (Å²) in [5.41, 5.74) is 9.92. The summed E-state index contributed by atoms with van der Waals surface area (Å²) in [5.74, 6) is -1.94. The van der Waals surface area contributed by atoms with Crippen molar-refractivity contribution in [2.24, 2.45) is 11.8 Å². The van der Waals surface area contributed by atoms with Crippen LogP contribution < -0.4 is 32.3 Å². The lowest BCUT2D eigenvalue weighted by Crippen LogP contribution is -2.55. The van der Waals surface area contributed by atoms with Crippen molar-refractivity contribution in [2.45, 2.75) is 75.5 Å². The van der Waals surface area contributed by atoms with Gasteiger partial charge in [-0.3, -0.25) is 40.9 Å². The number of hydroxylamine groups is 4. The van der Waals surface area contributed by atoms with Gasteiger partial charge in [0.2, 0.25) is 11.8 Å². The highest BCUT2D eigenvalue weighted by atomic mass is 16.9. The number of piperidine rings is 4. The summed E-state index contributed by atoms with van der Waals surface area (Å²) in [7, 11) is 0. The first-order chi connectivity index (χ1) is 20.8. The zero-order valence-corrected chi connectivity index (χ0v) is 24.0. The van der Waals surface area contributed by atoms with Crippen molar-refractivity contribution in [3.63, 3.8) is 0 Å². The van der Waals surface area contributed by atoms with Crippen LogP contribution in [0.15, 0.2) is 0 Å². The first-order valence-corrected chi connectivity index (χ1v) is 15.3. The summed E-state index contributed by atoms with van der Waals surface area (Å²) >= 11 is 0. The summed E-state index contributed by atoms with van der Waals surface area (Å²) in [5, 5.41) is 8.61. The van der Waals surface area contributed by atoms with Gasteiger partial charge in [-0.15, -0.1) is 4.94 Å². The molecule has 0 unspecified atom stereocenters. The predicted molar refractivity (Wildman–Crippen MR) is 146 cm³/mol. The third kappa shape index (κ3) is 5.92. The Hall–Kier alpha value is -3.70. The van der Waals surface area contributed by atoms with Crippen molar-refractivity contribution in [1.29, 1.82) is 0 Å². The van der Waals surface area contributed by atoms with Gasteiger partial charge in [0.05, 0.1) is 23.9 Å². The molecular formula is C26H40N10O7. The van der Waals surface area contributed by atoms with Gasteiger partial charge < -0.3 is 20.4 Å². The van der Waals surface area contributed by atoms with E-state index in [1.54, 1.807) is 0 Å². The molecule has 0 radical (unpaired) electrons. The van der Waals surface area contributed by atoms with Crippen molar-refractivity contribution < 1.29 is 33.7 Å². The molecule has 6 N–H and O–H groups in total.